The first-order valence-electron chi connectivity index (χ1n) is 4.34. The predicted octanol–water partition coefficient (Wildman–Crippen LogP) is 3.16. The molecule has 0 radical (unpaired) electrons. The van der Waals surface area contributed by atoms with E-state index in [1.807, 2.05) is 5.38 Å². The van der Waals surface area contributed by atoms with Gasteiger partial charge >= 0.3 is 0 Å². The smallest absolute Gasteiger partial charge is 0.152 e. The lowest BCUT2D eigenvalue weighted by atomic mass is 10.3. The molecular weight excluding hydrogens is 269 g/mol. The van der Waals surface area contributed by atoms with Gasteiger partial charge in [0.1, 0.15) is 0 Å². The number of nitrogens with zero attached hydrogens (tertiary/aromatic N) is 2. The van der Waals surface area contributed by atoms with E-state index in [4.69, 9.17) is 23.2 Å². The third kappa shape index (κ3) is 2.55. The fraction of sp³-hybridized carbons (Fsp3) is 0.111. The molecule has 16 heavy (non-hydrogen) atoms. The van der Waals surface area contributed by atoms with Gasteiger partial charge in [0.2, 0.25) is 0 Å². The second kappa shape index (κ2) is 4.86. The summed E-state index contributed by atoms with van der Waals surface area (Å²) in [6.07, 6.45) is 0. The molecule has 1 heterocycles. The molecule has 0 aliphatic carbocycles. The van der Waals surface area contributed by atoms with E-state index in [1.54, 1.807) is 12.1 Å². The van der Waals surface area contributed by atoms with Gasteiger partial charge < -0.3 is 10.4 Å². The van der Waals surface area contributed by atoms with Crippen molar-refractivity contribution in [3.8, 4) is 5.75 Å². The lowest BCUT2D eigenvalue weighted by Crippen LogP contribution is -1.99. The van der Waals surface area contributed by atoms with Crippen molar-refractivity contribution in [2.45, 2.75) is 6.54 Å². The van der Waals surface area contributed by atoms with E-state index < -0.39 is 0 Å². The Hall–Kier alpha value is -1.04. The number of benzene rings is 1. The van der Waals surface area contributed by atoms with Crippen molar-refractivity contribution in [3.63, 3.8) is 0 Å². The molecule has 0 aliphatic rings. The lowest BCUT2D eigenvalue weighted by Gasteiger charge is -2.07. The summed E-state index contributed by atoms with van der Waals surface area (Å²) in [5.74, 6) is -0.107. The summed E-state index contributed by atoms with van der Waals surface area (Å²) in [5.41, 5.74) is 1.56. The van der Waals surface area contributed by atoms with Gasteiger partial charge in [-0.05, 0) is 23.7 Å². The molecule has 0 amide bonds. The zero-order valence-corrected chi connectivity index (χ0v) is 10.3. The molecule has 2 rings (SSSR count). The second-order valence-corrected chi connectivity index (χ2v) is 4.46. The Morgan fingerprint density at radius 2 is 2.00 bits per heavy atom. The maximum absolute atomic E-state index is 9.37. The normalized spacial score (nSPS) is 10.4. The quantitative estimate of drug-likeness (QED) is 0.845. The van der Waals surface area contributed by atoms with Crippen LogP contribution in [0.4, 0.5) is 5.69 Å². The Morgan fingerprint density at radius 1 is 1.31 bits per heavy atom. The topological polar surface area (TPSA) is 58.0 Å². The van der Waals surface area contributed by atoms with Crippen LogP contribution in [0.1, 0.15) is 5.69 Å². The van der Waals surface area contributed by atoms with E-state index >= 15 is 0 Å². The maximum Gasteiger partial charge on any atom is 0.152 e. The number of phenolic OH excluding ortho intramolecular Hbond substituents is 1. The zero-order chi connectivity index (χ0) is 11.5. The van der Waals surface area contributed by atoms with Crippen LogP contribution in [-0.2, 0) is 6.54 Å². The molecule has 0 saturated carbocycles. The Balaban J connectivity index is 2.10. The summed E-state index contributed by atoms with van der Waals surface area (Å²) in [6, 6.07) is 3.20. The van der Waals surface area contributed by atoms with Crippen LogP contribution in [0.15, 0.2) is 17.5 Å². The first-order chi connectivity index (χ1) is 7.66. The van der Waals surface area contributed by atoms with Gasteiger partial charge in [0.05, 0.1) is 22.3 Å². The average Bonchev–Trinajstić information content (AvgIpc) is 2.75. The molecule has 1 aromatic heterocycles. The number of aromatic hydroxyl groups is 1. The monoisotopic (exact) mass is 275 g/mol. The van der Waals surface area contributed by atoms with Crippen LogP contribution in [0.25, 0.3) is 0 Å². The SMILES string of the molecule is Oc1c(Cl)cc(NCc2csnn2)cc1Cl. The van der Waals surface area contributed by atoms with Crippen LogP contribution in [0.3, 0.4) is 0 Å². The van der Waals surface area contributed by atoms with Crippen LogP contribution in [0.2, 0.25) is 10.0 Å². The summed E-state index contributed by atoms with van der Waals surface area (Å²) in [5, 5.41) is 18.6. The Morgan fingerprint density at radius 3 is 2.56 bits per heavy atom. The first-order valence-corrected chi connectivity index (χ1v) is 5.94. The predicted molar refractivity (Wildman–Crippen MR) is 65.4 cm³/mol. The molecule has 0 atom stereocenters. The number of rotatable bonds is 3. The molecule has 0 unspecified atom stereocenters. The van der Waals surface area contributed by atoms with Crippen LogP contribution < -0.4 is 5.32 Å². The van der Waals surface area contributed by atoms with Crippen molar-refractivity contribution in [1.29, 1.82) is 0 Å². The van der Waals surface area contributed by atoms with E-state index in [0.29, 0.717) is 6.54 Å². The van der Waals surface area contributed by atoms with Crippen molar-refractivity contribution >= 4 is 40.4 Å². The van der Waals surface area contributed by atoms with Gasteiger partial charge in [-0.25, -0.2) is 0 Å². The fourth-order valence-corrected chi connectivity index (χ4v) is 2.06. The highest BCUT2D eigenvalue weighted by Crippen LogP contribution is 2.34. The molecule has 1 aromatic carbocycles. The molecule has 0 aliphatic heterocycles. The summed E-state index contributed by atoms with van der Waals surface area (Å²) < 4.78 is 3.74. The van der Waals surface area contributed by atoms with Crippen LogP contribution in [0, 0.1) is 0 Å². The van der Waals surface area contributed by atoms with Crippen molar-refractivity contribution < 1.29 is 5.11 Å². The van der Waals surface area contributed by atoms with Gasteiger partial charge in [-0.2, -0.15) is 0 Å². The minimum atomic E-state index is -0.107. The fourth-order valence-electron chi connectivity index (χ4n) is 1.12. The summed E-state index contributed by atoms with van der Waals surface area (Å²) in [7, 11) is 0. The molecule has 0 saturated heterocycles. The number of anilines is 1. The number of halogens is 2. The summed E-state index contributed by atoms with van der Waals surface area (Å²) in [4.78, 5) is 0. The Bertz CT molecular complexity index is 466. The maximum atomic E-state index is 9.37. The van der Waals surface area contributed by atoms with Crippen LogP contribution in [0.5, 0.6) is 5.75 Å². The van der Waals surface area contributed by atoms with Gasteiger partial charge in [0.15, 0.2) is 5.75 Å². The van der Waals surface area contributed by atoms with Gasteiger partial charge in [-0.1, -0.05) is 27.7 Å². The number of aromatic nitrogens is 2. The number of hydrogen-bond acceptors (Lipinski definition) is 5. The summed E-state index contributed by atoms with van der Waals surface area (Å²) in [6.45, 7) is 0.536. The van der Waals surface area contributed by atoms with Crippen molar-refractivity contribution in [2.24, 2.45) is 0 Å². The van der Waals surface area contributed by atoms with E-state index in [-0.39, 0.29) is 15.8 Å². The van der Waals surface area contributed by atoms with Gasteiger partial charge in [-0.15, -0.1) is 5.10 Å². The molecule has 84 valence electrons. The van der Waals surface area contributed by atoms with E-state index in [9.17, 15) is 5.11 Å². The van der Waals surface area contributed by atoms with Gasteiger partial charge in [-0.3, -0.25) is 0 Å². The standard InChI is InChI=1S/C9H7Cl2N3OS/c10-7-1-5(2-8(11)9(7)15)12-3-6-4-16-14-13-6/h1-2,4,12,15H,3H2. The summed E-state index contributed by atoms with van der Waals surface area (Å²) >= 11 is 12.8. The third-order valence-electron chi connectivity index (χ3n) is 1.90. The highest BCUT2D eigenvalue weighted by atomic mass is 35.5. The van der Waals surface area contributed by atoms with Crippen molar-refractivity contribution in [3.05, 3.63) is 33.3 Å². The number of hydrogen-bond donors (Lipinski definition) is 2. The molecule has 0 spiro atoms. The average molecular weight is 276 g/mol. The number of nitrogens with one attached hydrogen (secondary N) is 1. The van der Waals surface area contributed by atoms with Crippen molar-refractivity contribution in [2.75, 3.05) is 5.32 Å². The van der Waals surface area contributed by atoms with E-state index in [0.717, 1.165) is 11.4 Å². The van der Waals surface area contributed by atoms with Gasteiger partial charge in [0.25, 0.3) is 0 Å². The van der Waals surface area contributed by atoms with Crippen LogP contribution >= 0.6 is 34.7 Å². The van der Waals surface area contributed by atoms with E-state index in [1.165, 1.54) is 11.5 Å². The highest BCUT2D eigenvalue weighted by molar-refractivity contribution is 7.03. The lowest BCUT2D eigenvalue weighted by molar-refractivity contribution is 0.476. The third-order valence-corrected chi connectivity index (χ3v) is 3.03. The molecule has 2 N–H and O–H groups in total. The molecular formula is C9H7Cl2N3OS. The largest absolute Gasteiger partial charge is 0.505 e. The molecule has 0 fully saturated rings. The van der Waals surface area contributed by atoms with Crippen LogP contribution in [-0.4, -0.2) is 14.7 Å². The molecule has 2 aromatic rings. The Kier molecular flexibility index (Phi) is 3.48. The number of phenols is 1. The minimum absolute atomic E-state index is 0.107. The Labute approximate surface area is 106 Å². The molecule has 0 bridgehead atoms. The van der Waals surface area contributed by atoms with Crippen molar-refractivity contribution in [1.82, 2.24) is 9.59 Å². The van der Waals surface area contributed by atoms with Gasteiger partial charge in [0, 0.05) is 11.1 Å². The first kappa shape index (κ1) is 11.4. The van der Waals surface area contributed by atoms with E-state index in [2.05, 4.69) is 14.9 Å². The molecule has 4 nitrogen and oxygen atoms in total. The second-order valence-electron chi connectivity index (χ2n) is 3.04. The zero-order valence-electron chi connectivity index (χ0n) is 7.94. The molecule has 7 heteroatoms. The highest BCUT2D eigenvalue weighted by Gasteiger charge is 2.06. The minimum Gasteiger partial charge on any atom is -0.505 e.